The van der Waals surface area contributed by atoms with Crippen molar-refractivity contribution in [2.75, 3.05) is 6.54 Å². The summed E-state index contributed by atoms with van der Waals surface area (Å²) in [5, 5.41) is 8.31. The topological polar surface area (TPSA) is 115 Å². The van der Waals surface area contributed by atoms with Gasteiger partial charge in [0, 0.05) is 12.6 Å². The number of rotatable bonds is 4. The maximum atomic E-state index is 10.1. The smallest absolute Gasteiger partial charge is 0.320 e. The quantitative estimate of drug-likeness (QED) is 0.370. The third-order valence-corrected chi connectivity index (χ3v) is 1.18. The Morgan fingerprint density at radius 2 is 2.00 bits per heavy atom. The summed E-state index contributed by atoms with van der Waals surface area (Å²) >= 11 is 0. The molecule has 0 aliphatic rings. The maximum Gasteiger partial charge on any atom is 0.320 e. The van der Waals surface area contributed by atoms with E-state index in [0.29, 0.717) is 0 Å². The molecule has 60 valence electrons. The Morgan fingerprint density at radius 3 is 2.30 bits per heavy atom. The van der Waals surface area contributed by atoms with Gasteiger partial charge in [0.05, 0.1) is 0 Å². The van der Waals surface area contributed by atoms with E-state index in [1.54, 1.807) is 0 Å². The molecule has 0 aliphatic carbocycles. The lowest BCUT2D eigenvalue weighted by Crippen LogP contribution is -2.40. The lowest BCUT2D eigenvalue weighted by molar-refractivity contribution is -0.138. The summed E-state index contributed by atoms with van der Waals surface area (Å²) in [6.45, 7) is 0.265. The molecule has 0 aromatic rings. The molecule has 0 bridgehead atoms. The molecular formula is C5H13N3O2. The summed E-state index contributed by atoms with van der Waals surface area (Å²) in [7, 11) is 0. The van der Waals surface area contributed by atoms with Gasteiger partial charge in [0.2, 0.25) is 0 Å². The van der Waals surface area contributed by atoms with Crippen molar-refractivity contribution in [2.45, 2.75) is 18.5 Å². The summed E-state index contributed by atoms with van der Waals surface area (Å²) in [5.74, 6) is -1.04. The monoisotopic (exact) mass is 147 g/mol. The van der Waals surface area contributed by atoms with Crippen molar-refractivity contribution in [1.29, 1.82) is 0 Å². The van der Waals surface area contributed by atoms with Crippen molar-refractivity contribution in [1.82, 2.24) is 0 Å². The van der Waals surface area contributed by atoms with Gasteiger partial charge in [0.15, 0.2) is 0 Å². The number of carbonyl (C=O) groups is 1. The van der Waals surface area contributed by atoms with E-state index < -0.39 is 12.0 Å². The first-order valence-electron chi connectivity index (χ1n) is 3.02. The second kappa shape index (κ2) is 4.21. The molecule has 0 saturated carbocycles. The van der Waals surface area contributed by atoms with Gasteiger partial charge >= 0.3 is 5.97 Å². The van der Waals surface area contributed by atoms with Crippen LogP contribution >= 0.6 is 0 Å². The highest BCUT2D eigenvalue weighted by Crippen LogP contribution is 1.91. The second-order valence-corrected chi connectivity index (χ2v) is 2.18. The van der Waals surface area contributed by atoms with E-state index in [1.165, 1.54) is 0 Å². The van der Waals surface area contributed by atoms with E-state index >= 15 is 0 Å². The fourth-order valence-corrected chi connectivity index (χ4v) is 0.523. The molecule has 0 fully saturated rings. The minimum absolute atomic E-state index is 0.228. The zero-order chi connectivity index (χ0) is 8.15. The lowest BCUT2D eigenvalue weighted by atomic mass is 10.1. The molecule has 0 heterocycles. The number of aliphatic carboxylic acids is 1. The van der Waals surface area contributed by atoms with Crippen LogP contribution in [0.1, 0.15) is 6.42 Å². The fourth-order valence-electron chi connectivity index (χ4n) is 0.523. The van der Waals surface area contributed by atoms with Crippen LogP contribution in [0.4, 0.5) is 0 Å². The first-order chi connectivity index (χ1) is 4.57. The molecule has 0 aromatic carbocycles. The zero-order valence-electron chi connectivity index (χ0n) is 5.66. The van der Waals surface area contributed by atoms with Crippen LogP contribution in [-0.4, -0.2) is 29.7 Å². The number of carboxylic acids is 1. The molecule has 5 nitrogen and oxygen atoms in total. The average molecular weight is 147 g/mol. The van der Waals surface area contributed by atoms with Crippen LogP contribution in [0.3, 0.4) is 0 Å². The Labute approximate surface area is 59.2 Å². The van der Waals surface area contributed by atoms with Crippen molar-refractivity contribution in [2.24, 2.45) is 17.2 Å². The molecule has 0 spiro atoms. The van der Waals surface area contributed by atoms with Gasteiger partial charge in [-0.15, -0.1) is 0 Å². The Morgan fingerprint density at radius 1 is 1.50 bits per heavy atom. The van der Waals surface area contributed by atoms with Gasteiger partial charge in [-0.3, -0.25) is 4.79 Å². The minimum Gasteiger partial charge on any atom is -0.480 e. The Kier molecular flexibility index (Phi) is 3.94. The first-order valence-corrected chi connectivity index (χ1v) is 3.02. The lowest BCUT2D eigenvalue weighted by Gasteiger charge is -2.10. The largest absolute Gasteiger partial charge is 0.480 e. The highest BCUT2D eigenvalue weighted by molar-refractivity contribution is 5.73. The fraction of sp³-hybridized carbons (Fsp3) is 0.800. The van der Waals surface area contributed by atoms with Gasteiger partial charge in [0.1, 0.15) is 6.04 Å². The first kappa shape index (κ1) is 9.35. The molecular weight excluding hydrogens is 134 g/mol. The summed E-state index contributed by atoms with van der Waals surface area (Å²) < 4.78 is 0. The molecule has 0 rings (SSSR count). The molecule has 5 heteroatoms. The Hall–Kier alpha value is -0.650. The van der Waals surface area contributed by atoms with Crippen LogP contribution in [0.15, 0.2) is 0 Å². The van der Waals surface area contributed by atoms with E-state index in [-0.39, 0.29) is 19.0 Å². The van der Waals surface area contributed by atoms with Crippen molar-refractivity contribution >= 4 is 5.97 Å². The molecule has 7 N–H and O–H groups in total. The molecule has 0 saturated heterocycles. The van der Waals surface area contributed by atoms with Crippen molar-refractivity contribution in [3.05, 3.63) is 0 Å². The molecule has 0 radical (unpaired) electrons. The van der Waals surface area contributed by atoms with Crippen LogP contribution in [0, 0.1) is 0 Å². The Bertz CT molecular complexity index is 117. The maximum absolute atomic E-state index is 10.1. The molecule has 2 atom stereocenters. The van der Waals surface area contributed by atoms with Gasteiger partial charge in [-0.25, -0.2) is 0 Å². The summed E-state index contributed by atoms with van der Waals surface area (Å²) in [4.78, 5) is 10.1. The van der Waals surface area contributed by atoms with E-state index in [9.17, 15) is 4.79 Å². The van der Waals surface area contributed by atoms with Gasteiger partial charge in [-0.05, 0) is 6.42 Å². The van der Waals surface area contributed by atoms with Crippen LogP contribution in [0.5, 0.6) is 0 Å². The SMILES string of the molecule is NCC(N)C[C@H](N)C(=O)O. The van der Waals surface area contributed by atoms with Crippen LogP contribution < -0.4 is 17.2 Å². The number of hydrogen-bond acceptors (Lipinski definition) is 4. The van der Waals surface area contributed by atoms with E-state index in [0.717, 1.165) is 0 Å². The van der Waals surface area contributed by atoms with E-state index in [2.05, 4.69) is 0 Å². The number of carboxylic acid groups (broad SMARTS) is 1. The second-order valence-electron chi connectivity index (χ2n) is 2.18. The third-order valence-electron chi connectivity index (χ3n) is 1.18. The average Bonchev–Trinajstić information content (AvgIpc) is 1.87. The molecule has 10 heavy (non-hydrogen) atoms. The van der Waals surface area contributed by atoms with Crippen molar-refractivity contribution in [3.63, 3.8) is 0 Å². The van der Waals surface area contributed by atoms with Crippen LogP contribution in [-0.2, 0) is 4.79 Å². The predicted octanol–water partition coefficient (Wildman–Crippen LogP) is -1.93. The van der Waals surface area contributed by atoms with Gasteiger partial charge in [-0.1, -0.05) is 0 Å². The normalized spacial score (nSPS) is 16.3. The Balaban J connectivity index is 3.56. The standard InChI is InChI=1S/C5H13N3O2/c6-2-3(7)1-4(8)5(9)10/h3-4H,1-2,6-8H2,(H,9,10)/t3?,4-/m0/s1. The number of nitrogens with two attached hydrogens (primary N) is 3. The van der Waals surface area contributed by atoms with Crippen molar-refractivity contribution in [3.8, 4) is 0 Å². The van der Waals surface area contributed by atoms with Gasteiger partial charge in [-0.2, -0.15) is 0 Å². The minimum atomic E-state index is -1.04. The van der Waals surface area contributed by atoms with Crippen molar-refractivity contribution < 1.29 is 9.90 Å². The summed E-state index contributed by atoms with van der Waals surface area (Å²) in [6, 6.07) is -1.20. The molecule has 1 unspecified atom stereocenters. The van der Waals surface area contributed by atoms with E-state index in [4.69, 9.17) is 22.3 Å². The predicted molar refractivity (Wildman–Crippen MR) is 37.3 cm³/mol. The number of hydrogen-bond donors (Lipinski definition) is 4. The zero-order valence-corrected chi connectivity index (χ0v) is 5.66. The van der Waals surface area contributed by atoms with Crippen LogP contribution in [0.2, 0.25) is 0 Å². The van der Waals surface area contributed by atoms with E-state index in [1.807, 2.05) is 0 Å². The third kappa shape index (κ3) is 3.39. The summed E-state index contributed by atoms with van der Waals surface area (Å²) in [6.07, 6.45) is 0.228. The molecule has 0 aliphatic heterocycles. The highest BCUT2D eigenvalue weighted by Gasteiger charge is 2.14. The highest BCUT2D eigenvalue weighted by atomic mass is 16.4. The molecule has 0 amide bonds. The van der Waals surface area contributed by atoms with Gasteiger partial charge in [0.25, 0.3) is 0 Å². The van der Waals surface area contributed by atoms with Crippen LogP contribution in [0.25, 0.3) is 0 Å². The molecule has 0 aromatic heterocycles. The van der Waals surface area contributed by atoms with Gasteiger partial charge < -0.3 is 22.3 Å². The summed E-state index contributed by atoms with van der Waals surface area (Å²) in [5.41, 5.74) is 15.6.